The van der Waals surface area contributed by atoms with Gasteiger partial charge in [0, 0.05) is 25.7 Å². The van der Waals surface area contributed by atoms with Crippen molar-refractivity contribution in [2.24, 2.45) is 11.8 Å². The first kappa shape index (κ1) is 15.4. The molecule has 0 aromatic carbocycles. The Kier molecular flexibility index (Phi) is 6.65. The average molecular weight is 256 g/mol. The van der Waals surface area contributed by atoms with Gasteiger partial charge in [-0.15, -0.1) is 0 Å². The Morgan fingerprint density at radius 2 is 2.17 bits per heavy atom. The van der Waals surface area contributed by atoms with Gasteiger partial charge in [0.05, 0.1) is 13.5 Å². The van der Waals surface area contributed by atoms with E-state index >= 15 is 0 Å². The molecule has 4 heteroatoms. The number of piperidine rings is 1. The standard InChI is InChI=1S/C14H28N2O2/c1-5-15-13-8-12(11(2)3)9-16(10-13)7-6-14(17)18-4/h11-13,15H,5-10H2,1-4H3. The van der Waals surface area contributed by atoms with Gasteiger partial charge in [-0.25, -0.2) is 0 Å². The van der Waals surface area contributed by atoms with Crippen molar-refractivity contribution >= 4 is 5.97 Å². The molecule has 0 radical (unpaired) electrons. The van der Waals surface area contributed by atoms with Gasteiger partial charge in [0.25, 0.3) is 0 Å². The lowest BCUT2D eigenvalue weighted by Gasteiger charge is -2.39. The fraction of sp³-hybridized carbons (Fsp3) is 0.929. The zero-order valence-electron chi connectivity index (χ0n) is 12.2. The highest BCUT2D eigenvalue weighted by Gasteiger charge is 2.28. The number of esters is 1. The van der Waals surface area contributed by atoms with Gasteiger partial charge in [-0.05, 0) is 24.8 Å². The van der Waals surface area contributed by atoms with Crippen LogP contribution in [0.2, 0.25) is 0 Å². The minimum atomic E-state index is -0.110. The van der Waals surface area contributed by atoms with Crippen molar-refractivity contribution in [3.05, 3.63) is 0 Å². The normalized spacial score (nSPS) is 25.4. The van der Waals surface area contributed by atoms with Crippen LogP contribution in [-0.2, 0) is 9.53 Å². The van der Waals surface area contributed by atoms with Crippen LogP contribution in [0.5, 0.6) is 0 Å². The third-order valence-electron chi connectivity index (χ3n) is 3.85. The summed E-state index contributed by atoms with van der Waals surface area (Å²) in [6.45, 7) is 10.7. The summed E-state index contributed by atoms with van der Waals surface area (Å²) in [4.78, 5) is 13.6. The topological polar surface area (TPSA) is 41.6 Å². The quantitative estimate of drug-likeness (QED) is 0.731. The van der Waals surface area contributed by atoms with E-state index < -0.39 is 0 Å². The Bertz CT molecular complexity index is 256. The fourth-order valence-corrected chi connectivity index (χ4v) is 2.69. The molecule has 0 aromatic rings. The van der Waals surface area contributed by atoms with Gasteiger partial charge >= 0.3 is 5.97 Å². The molecule has 1 aliphatic heterocycles. The smallest absolute Gasteiger partial charge is 0.306 e. The molecule has 1 saturated heterocycles. The van der Waals surface area contributed by atoms with Crippen molar-refractivity contribution in [1.29, 1.82) is 0 Å². The summed E-state index contributed by atoms with van der Waals surface area (Å²) in [6.07, 6.45) is 1.75. The number of likely N-dealkylation sites (N-methyl/N-ethyl adjacent to an activating group) is 1. The number of likely N-dealkylation sites (tertiary alicyclic amines) is 1. The summed E-state index contributed by atoms with van der Waals surface area (Å²) in [7, 11) is 1.46. The zero-order chi connectivity index (χ0) is 13.5. The number of hydrogen-bond acceptors (Lipinski definition) is 4. The summed E-state index contributed by atoms with van der Waals surface area (Å²) in [5.74, 6) is 1.31. The molecule has 1 fully saturated rings. The lowest BCUT2D eigenvalue weighted by Crippen LogP contribution is -2.50. The number of hydrogen-bond donors (Lipinski definition) is 1. The molecule has 1 aliphatic rings. The van der Waals surface area contributed by atoms with E-state index in [2.05, 4.69) is 31.0 Å². The highest BCUT2D eigenvalue weighted by molar-refractivity contribution is 5.69. The van der Waals surface area contributed by atoms with Gasteiger partial charge in [-0.3, -0.25) is 4.79 Å². The third kappa shape index (κ3) is 4.94. The molecule has 0 spiro atoms. The van der Waals surface area contributed by atoms with E-state index in [9.17, 15) is 4.79 Å². The predicted octanol–water partition coefficient (Wildman–Crippen LogP) is 1.51. The summed E-state index contributed by atoms with van der Waals surface area (Å²) >= 11 is 0. The molecular weight excluding hydrogens is 228 g/mol. The molecule has 4 nitrogen and oxygen atoms in total. The maximum Gasteiger partial charge on any atom is 0.306 e. The summed E-state index contributed by atoms with van der Waals surface area (Å²) in [5.41, 5.74) is 0. The highest BCUT2D eigenvalue weighted by atomic mass is 16.5. The minimum absolute atomic E-state index is 0.110. The molecule has 18 heavy (non-hydrogen) atoms. The number of nitrogens with zero attached hydrogens (tertiary/aromatic N) is 1. The highest BCUT2D eigenvalue weighted by Crippen LogP contribution is 2.24. The lowest BCUT2D eigenvalue weighted by molar-refractivity contribution is -0.141. The monoisotopic (exact) mass is 256 g/mol. The fourth-order valence-electron chi connectivity index (χ4n) is 2.69. The summed E-state index contributed by atoms with van der Waals surface area (Å²) < 4.78 is 4.71. The van der Waals surface area contributed by atoms with Gasteiger partial charge in [-0.1, -0.05) is 20.8 Å². The van der Waals surface area contributed by atoms with Gasteiger partial charge in [0.2, 0.25) is 0 Å². The van der Waals surface area contributed by atoms with E-state index in [-0.39, 0.29) is 5.97 Å². The third-order valence-corrected chi connectivity index (χ3v) is 3.85. The largest absolute Gasteiger partial charge is 0.469 e. The summed E-state index contributed by atoms with van der Waals surface area (Å²) in [5, 5.41) is 3.54. The summed E-state index contributed by atoms with van der Waals surface area (Å²) in [6, 6.07) is 0.564. The van der Waals surface area contributed by atoms with E-state index in [1.165, 1.54) is 13.5 Å². The number of nitrogens with one attached hydrogen (secondary N) is 1. The van der Waals surface area contributed by atoms with Crippen molar-refractivity contribution in [3.63, 3.8) is 0 Å². The minimum Gasteiger partial charge on any atom is -0.469 e. The second kappa shape index (κ2) is 7.74. The first-order valence-corrected chi connectivity index (χ1v) is 7.09. The Hall–Kier alpha value is -0.610. The lowest BCUT2D eigenvalue weighted by atomic mass is 9.85. The maximum absolute atomic E-state index is 11.2. The Morgan fingerprint density at radius 1 is 1.44 bits per heavy atom. The molecule has 1 heterocycles. The van der Waals surface area contributed by atoms with Crippen molar-refractivity contribution in [2.75, 3.05) is 33.3 Å². The number of ether oxygens (including phenoxy) is 1. The number of carbonyl (C=O) groups excluding carboxylic acids is 1. The Balaban J connectivity index is 2.47. The molecule has 1 N–H and O–H groups in total. The van der Waals surface area contributed by atoms with Crippen LogP contribution < -0.4 is 5.32 Å². The van der Waals surface area contributed by atoms with Crippen LogP contribution in [0.1, 0.15) is 33.6 Å². The van der Waals surface area contributed by atoms with E-state index in [4.69, 9.17) is 4.74 Å². The first-order valence-electron chi connectivity index (χ1n) is 7.09. The molecule has 2 atom stereocenters. The van der Waals surface area contributed by atoms with Crippen LogP contribution in [-0.4, -0.2) is 50.2 Å². The molecule has 0 bridgehead atoms. The Morgan fingerprint density at radius 3 is 2.72 bits per heavy atom. The van der Waals surface area contributed by atoms with Crippen molar-refractivity contribution < 1.29 is 9.53 Å². The van der Waals surface area contributed by atoms with Crippen molar-refractivity contribution in [1.82, 2.24) is 10.2 Å². The van der Waals surface area contributed by atoms with Crippen LogP contribution >= 0.6 is 0 Å². The second-order valence-corrected chi connectivity index (χ2v) is 5.58. The van der Waals surface area contributed by atoms with Gasteiger partial charge in [0.1, 0.15) is 0 Å². The molecule has 0 aromatic heterocycles. The Labute approximate surface area is 111 Å². The van der Waals surface area contributed by atoms with E-state index in [0.717, 1.165) is 32.1 Å². The van der Waals surface area contributed by atoms with Crippen molar-refractivity contribution in [3.8, 4) is 0 Å². The number of rotatable bonds is 6. The molecule has 0 aliphatic carbocycles. The first-order chi connectivity index (χ1) is 8.56. The molecule has 1 rings (SSSR count). The van der Waals surface area contributed by atoms with Crippen molar-refractivity contribution in [2.45, 2.75) is 39.7 Å². The molecule has 0 saturated carbocycles. The van der Waals surface area contributed by atoms with E-state index in [0.29, 0.717) is 18.4 Å². The van der Waals surface area contributed by atoms with Gasteiger partial charge in [-0.2, -0.15) is 0 Å². The molecule has 2 unspecified atom stereocenters. The SMILES string of the molecule is CCNC1CC(C(C)C)CN(CCC(=O)OC)C1. The van der Waals surface area contributed by atoms with Gasteiger partial charge < -0.3 is 15.0 Å². The molecule has 106 valence electrons. The maximum atomic E-state index is 11.2. The zero-order valence-corrected chi connectivity index (χ0v) is 12.2. The molecular formula is C14H28N2O2. The van der Waals surface area contributed by atoms with Gasteiger partial charge in [0.15, 0.2) is 0 Å². The predicted molar refractivity (Wildman–Crippen MR) is 73.5 cm³/mol. The van der Waals surface area contributed by atoms with Crippen LogP contribution in [0.25, 0.3) is 0 Å². The van der Waals surface area contributed by atoms with Crippen LogP contribution in [0.4, 0.5) is 0 Å². The second-order valence-electron chi connectivity index (χ2n) is 5.58. The van der Waals surface area contributed by atoms with E-state index in [1.807, 2.05) is 0 Å². The average Bonchev–Trinajstić information content (AvgIpc) is 2.36. The number of carbonyl (C=O) groups is 1. The molecule has 0 amide bonds. The van der Waals surface area contributed by atoms with Crippen LogP contribution in [0, 0.1) is 11.8 Å². The van der Waals surface area contributed by atoms with E-state index in [1.54, 1.807) is 0 Å². The van der Waals surface area contributed by atoms with Crippen LogP contribution in [0.3, 0.4) is 0 Å². The number of methoxy groups -OCH3 is 1. The van der Waals surface area contributed by atoms with Crippen LogP contribution in [0.15, 0.2) is 0 Å².